The zero-order valence-electron chi connectivity index (χ0n) is 10.5. The Morgan fingerprint density at radius 2 is 2.16 bits per heavy atom. The SMILES string of the molecule is CCC(NC(=O)Cn1cnnn1)c1ccc(Cl)cc1. The number of hydrogen-bond donors (Lipinski definition) is 1. The Hall–Kier alpha value is -1.95. The Morgan fingerprint density at radius 3 is 2.74 bits per heavy atom. The molecule has 1 atom stereocenters. The lowest BCUT2D eigenvalue weighted by Gasteiger charge is -2.17. The van der Waals surface area contributed by atoms with E-state index in [0.29, 0.717) is 5.02 Å². The second kappa shape index (κ2) is 6.29. The van der Waals surface area contributed by atoms with Gasteiger partial charge in [-0.3, -0.25) is 4.79 Å². The first kappa shape index (κ1) is 13.5. The van der Waals surface area contributed by atoms with Gasteiger partial charge in [0, 0.05) is 5.02 Å². The maximum atomic E-state index is 11.9. The first-order chi connectivity index (χ1) is 9.19. The number of halogens is 1. The van der Waals surface area contributed by atoms with Gasteiger partial charge in [0.1, 0.15) is 12.9 Å². The van der Waals surface area contributed by atoms with Crippen molar-refractivity contribution in [3.8, 4) is 0 Å². The van der Waals surface area contributed by atoms with E-state index in [4.69, 9.17) is 11.6 Å². The zero-order chi connectivity index (χ0) is 13.7. The summed E-state index contributed by atoms with van der Waals surface area (Å²) >= 11 is 5.85. The number of aromatic nitrogens is 4. The van der Waals surface area contributed by atoms with Crippen LogP contribution in [0.2, 0.25) is 5.02 Å². The second-order valence-corrected chi connectivity index (χ2v) is 4.52. The number of benzene rings is 1. The molecule has 1 heterocycles. The molecule has 1 amide bonds. The van der Waals surface area contributed by atoms with Crippen molar-refractivity contribution in [3.05, 3.63) is 41.2 Å². The van der Waals surface area contributed by atoms with Gasteiger partial charge in [-0.15, -0.1) is 5.10 Å². The molecule has 0 bridgehead atoms. The van der Waals surface area contributed by atoms with Crippen LogP contribution in [0.25, 0.3) is 0 Å². The van der Waals surface area contributed by atoms with E-state index in [2.05, 4.69) is 20.8 Å². The minimum atomic E-state index is -0.130. The van der Waals surface area contributed by atoms with E-state index in [9.17, 15) is 4.79 Å². The molecule has 6 nitrogen and oxygen atoms in total. The molecule has 0 fully saturated rings. The molecule has 1 unspecified atom stereocenters. The first-order valence-electron chi connectivity index (χ1n) is 5.94. The maximum Gasteiger partial charge on any atom is 0.242 e. The number of carbonyl (C=O) groups excluding carboxylic acids is 1. The highest BCUT2D eigenvalue weighted by molar-refractivity contribution is 6.30. The van der Waals surface area contributed by atoms with Crippen molar-refractivity contribution in [1.29, 1.82) is 0 Å². The van der Waals surface area contributed by atoms with Gasteiger partial charge in [-0.1, -0.05) is 30.7 Å². The van der Waals surface area contributed by atoms with Crippen LogP contribution in [-0.2, 0) is 11.3 Å². The molecule has 7 heteroatoms. The predicted octanol–water partition coefficient (Wildman–Crippen LogP) is 1.59. The third-order valence-electron chi connectivity index (χ3n) is 2.71. The van der Waals surface area contributed by atoms with Crippen molar-refractivity contribution in [2.24, 2.45) is 0 Å². The van der Waals surface area contributed by atoms with Crippen molar-refractivity contribution in [2.45, 2.75) is 25.9 Å². The molecule has 0 saturated carbocycles. The Labute approximate surface area is 115 Å². The molecule has 0 radical (unpaired) electrons. The van der Waals surface area contributed by atoms with Crippen LogP contribution >= 0.6 is 11.6 Å². The summed E-state index contributed by atoms with van der Waals surface area (Å²) in [6, 6.07) is 7.41. The second-order valence-electron chi connectivity index (χ2n) is 4.09. The van der Waals surface area contributed by atoms with Gasteiger partial charge in [0.15, 0.2) is 0 Å². The van der Waals surface area contributed by atoms with Crippen LogP contribution in [0.5, 0.6) is 0 Å². The van der Waals surface area contributed by atoms with Crippen molar-refractivity contribution in [1.82, 2.24) is 25.5 Å². The molecule has 2 aromatic rings. The van der Waals surface area contributed by atoms with Gasteiger partial charge in [-0.2, -0.15) is 0 Å². The van der Waals surface area contributed by atoms with Gasteiger partial charge < -0.3 is 5.32 Å². The maximum absolute atomic E-state index is 11.9. The highest BCUT2D eigenvalue weighted by Gasteiger charge is 2.13. The largest absolute Gasteiger partial charge is 0.348 e. The number of amides is 1. The molecule has 1 aromatic heterocycles. The molecule has 2 rings (SSSR count). The summed E-state index contributed by atoms with van der Waals surface area (Å²) in [4.78, 5) is 11.9. The van der Waals surface area contributed by atoms with Gasteiger partial charge in [-0.25, -0.2) is 4.68 Å². The minimum absolute atomic E-state index is 0.0405. The summed E-state index contributed by atoms with van der Waals surface area (Å²) in [5.74, 6) is -0.130. The quantitative estimate of drug-likeness (QED) is 0.902. The lowest BCUT2D eigenvalue weighted by atomic mass is 10.0. The number of rotatable bonds is 5. The monoisotopic (exact) mass is 279 g/mol. The van der Waals surface area contributed by atoms with Gasteiger partial charge in [-0.05, 0) is 34.5 Å². The summed E-state index contributed by atoms with van der Waals surface area (Å²) in [6.07, 6.45) is 2.20. The van der Waals surface area contributed by atoms with Crippen LogP contribution < -0.4 is 5.32 Å². The number of carbonyl (C=O) groups is 1. The van der Waals surface area contributed by atoms with Crippen LogP contribution in [0.15, 0.2) is 30.6 Å². The minimum Gasteiger partial charge on any atom is -0.348 e. The Morgan fingerprint density at radius 1 is 1.42 bits per heavy atom. The number of hydrogen-bond acceptors (Lipinski definition) is 4. The van der Waals surface area contributed by atoms with E-state index in [1.165, 1.54) is 11.0 Å². The van der Waals surface area contributed by atoms with Crippen LogP contribution in [0.4, 0.5) is 0 Å². The molecule has 1 aromatic carbocycles. The van der Waals surface area contributed by atoms with E-state index in [0.717, 1.165) is 12.0 Å². The molecule has 0 aliphatic rings. The third-order valence-corrected chi connectivity index (χ3v) is 2.96. The number of nitrogens with one attached hydrogen (secondary N) is 1. The Balaban J connectivity index is 1.98. The lowest BCUT2D eigenvalue weighted by Crippen LogP contribution is -2.31. The molecule has 0 aliphatic carbocycles. The predicted molar refractivity (Wildman–Crippen MR) is 70.4 cm³/mol. The molecular weight excluding hydrogens is 266 g/mol. The van der Waals surface area contributed by atoms with E-state index in [1.54, 1.807) is 0 Å². The molecule has 19 heavy (non-hydrogen) atoms. The highest BCUT2D eigenvalue weighted by atomic mass is 35.5. The van der Waals surface area contributed by atoms with E-state index < -0.39 is 0 Å². The standard InChI is InChI=1S/C12H14ClN5O/c1-2-11(9-3-5-10(13)6-4-9)15-12(19)7-18-8-14-16-17-18/h3-6,8,11H,2,7H2,1H3,(H,15,19). The Bertz CT molecular complexity index is 526. The lowest BCUT2D eigenvalue weighted by molar-refractivity contribution is -0.122. The summed E-state index contributed by atoms with van der Waals surface area (Å²) in [5.41, 5.74) is 1.02. The fraction of sp³-hybridized carbons (Fsp3) is 0.333. The molecule has 0 saturated heterocycles. The number of tetrazole rings is 1. The number of nitrogens with zero attached hydrogens (tertiary/aromatic N) is 4. The van der Waals surface area contributed by atoms with E-state index in [1.807, 2.05) is 31.2 Å². The molecule has 100 valence electrons. The van der Waals surface area contributed by atoms with Crippen molar-refractivity contribution in [2.75, 3.05) is 0 Å². The fourth-order valence-corrected chi connectivity index (χ4v) is 1.88. The van der Waals surface area contributed by atoms with Gasteiger partial charge >= 0.3 is 0 Å². The van der Waals surface area contributed by atoms with Crippen LogP contribution in [0.1, 0.15) is 24.9 Å². The molecule has 0 spiro atoms. The molecule has 0 aliphatic heterocycles. The average Bonchev–Trinajstić information content (AvgIpc) is 2.90. The normalized spacial score (nSPS) is 12.1. The summed E-state index contributed by atoms with van der Waals surface area (Å²) < 4.78 is 1.38. The highest BCUT2D eigenvalue weighted by Crippen LogP contribution is 2.19. The average molecular weight is 280 g/mol. The van der Waals surface area contributed by atoms with Crippen LogP contribution in [-0.4, -0.2) is 26.1 Å². The van der Waals surface area contributed by atoms with Gasteiger partial charge in [0.2, 0.25) is 5.91 Å². The third kappa shape index (κ3) is 3.75. The Kier molecular flexibility index (Phi) is 4.46. The van der Waals surface area contributed by atoms with Crippen molar-refractivity contribution < 1.29 is 4.79 Å². The first-order valence-corrected chi connectivity index (χ1v) is 6.32. The van der Waals surface area contributed by atoms with Crippen LogP contribution in [0.3, 0.4) is 0 Å². The fourth-order valence-electron chi connectivity index (χ4n) is 1.76. The molecular formula is C12H14ClN5O. The summed E-state index contributed by atoms with van der Waals surface area (Å²) in [7, 11) is 0. The van der Waals surface area contributed by atoms with Crippen molar-refractivity contribution >= 4 is 17.5 Å². The van der Waals surface area contributed by atoms with Crippen LogP contribution in [0, 0.1) is 0 Å². The summed E-state index contributed by atoms with van der Waals surface area (Å²) in [5, 5.41) is 14.2. The van der Waals surface area contributed by atoms with Gasteiger partial charge in [0.25, 0.3) is 0 Å². The van der Waals surface area contributed by atoms with E-state index in [-0.39, 0.29) is 18.5 Å². The van der Waals surface area contributed by atoms with Gasteiger partial charge in [0.05, 0.1) is 6.04 Å². The van der Waals surface area contributed by atoms with E-state index >= 15 is 0 Å². The topological polar surface area (TPSA) is 72.7 Å². The molecule has 1 N–H and O–H groups in total. The summed E-state index contributed by atoms with van der Waals surface area (Å²) in [6.45, 7) is 2.12. The zero-order valence-corrected chi connectivity index (χ0v) is 11.2. The smallest absolute Gasteiger partial charge is 0.242 e. The van der Waals surface area contributed by atoms with Crippen molar-refractivity contribution in [3.63, 3.8) is 0 Å².